The van der Waals surface area contributed by atoms with Gasteiger partial charge in [0.15, 0.2) is 0 Å². The molecule has 0 spiro atoms. The average Bonchev–Trinajstić information content (AvgIpc) is 1.84. The number of ether oxygens (including phenoxy) is 1. The summed E-state index contributed by atoms with van der Waals surface area (Å²) in [6, 6.07) is 0. The molecule has 48 valence electrons. The number of hydrogen-bond donors (Lipinski definition) is 0. The smallest absolute Gasteiger partial charge is 0.309 e. The Bertz CT molecular complexity index is 82.5. The van der Waals surface area contributed by atoms with Crippen molar-refractivity contribution >= 4 is 21.9 Å². The van der Waals surface area contributed by atoms with Crippen molar-refractivity contribution in [3.8, 4) is 0 Å². The highest BCUT2D eigenvalue weighted by Crippen LogP contribution is 2.00. The van der Waals surface area contributed by atoms with Gasteiger partial charge in [-0.05, 0) is 0 Å². The van der Waals surface area contributed by atoms with E-state index < -0.39 is 0 Å². The molecule has 0 heterocycles. The number of esters is 1. The maximum Gasteiger partial charge on any atom is 0.309 e. The predicted octanol–water partition coefficient (Wildman–Crippen LogP) is 1.19. The van der Waals surface area contributed by atoms with Gasteiger partial charge in [0.1, 0.15) is 0 Å². The lowest BCUT2D eigenvalue weighted by Crippen LogP contribution is -2.13. The summed E-state index contributed by atoms with van der Waals surface area (Å²) in [5.74, 6) is -0.193. The Kier molecular flexibility index (Phi) is 3.87. The molecule has 0 aliphatic rings. The Morgan fingerprint density at radius 1 is 1.88 bits per heavy atom. The summed E-state index contributed by atoms with van der Waals surface area (Å²) in [5, 5.41) is 0.666. The molecule has 0 aliphatic heterocycles. The zero-order valence-corrected chi connectivity index (χ0v) is 6.56. The second-order valence-electron chi connectivity index (χ2n) is 1.58. The van der Waals surface area contributed by atoms with Gasteiger partial charge in [0, 0.05) is 5.33 Å². The van der Waals surface area contributed by atoms with Gasteiger partial charge in [-0.1, -0.05) is 22.9 Å². The van der Waals surface area contributed by atoms with Gasteiger partial charge in [0.05, 0.1) is 13.0 Å². The van der Waals surface area contributed by atoms with Gasteiger partial charge in [0.2, 0.25) is 0 Å². The lowest BCUT2D eigenvalue weighted by atomic mass is 10.2. The molecule has 0 aromatic carbocycles. The number of alkyl halides is 1. The third-order valence-electron chi connectivity index (χ3n) is 0.835. The Labute approximate surface area is 57.3 Å². The van der Waals surface area contributed by atoms with Crippen molar-refractivity contribution < 1.29 is 9.53 Å². The van der Waals surface area contributed by atoms with E-state index in [0.29, 0.717) is 5.33 Å². The predicted molar refractivity (Wildman–Crippen MR) is 35.0 cm³/mol. The van der Waals surface area contributed by atoms with Crippen LogP contribution in [0, 0.1) is 5.92 Å². The number of rotatable bonds is 2. The third kappa shape index (κ3) is 2.31. The van der Waals surface area contributed by atoms with E-state index in [2.05, 4.69) is 20.7 Å². The number of halogens is 1. The molecule has 0 aliphatic carbocycles. The molecule has 0 rings (SSSR count). The molecule has 0 saturated heterocycles. The normalized spacial score (nSPS) is 12.9. The first-order valence-electron chi connectivity index (χ1n) is 2.36. The van der Waals surface area contributed by atoms with E-state index in [1.165, 1.54) is 7.11 Å². The Morgan fingerprint density at radius 3 is 2.50 bits per heavy atom. The average molecular weight is 181 g/mol. The molecule has 1 atom stereocenters. The Morgan fingerprint density at radius 2 is 2.38 bits per heavy atom. The molecule has 0 radical (unpaired) electrons. The van der Waals surface area contributed by atoms with Crippen molar-refractivity contribution in [1.29, 1.82) is 0 Å². The molecule has 0 aromatic heterocycles. The highest BCUT2D eigenvalue weighted by Gasteiger charge is 2.09. The van der Waals surface area contributed by atoms with Crippen LogP contribution in [0.3, 0.4) is 0 Å². The number of carbonyl (C=O) groups excluding carboxylic acids is 1. The van der Waals surface area contributed by atoms with Crippen molar-refractivity contribution in [1.82, 2.24) is 0 Å². The second-order valence-corrected chi connectivity index (χ2v) is 2.23. The van der Waals surface area contributed by atoms with Crippen LogP contribution in [-0.4, -0.2) is 18.4 Å². The number of methoxy groups -OCH3 is 1. The Hall–Kier alpha value is -0.0500. The first-order valence-corrected chi connectivity index (χ1v) is 3.48. The summed E-state index contributed by atoms with van der Waals surface area (Å²) in [6.07, 6.45) is 0. The van der Waals surface area contributed by atoms with Crippen LogP contribution in [0.25, 0.3) is 0 Å². The van der Waals surface area contributed by atoms with E-state index in [4.69, 9.17) is 0 Å². The van der Waals surface area contributed by atoms with Crippen LogP contribution in [0.5, 0.6) is 0 Å². The van der Waals surface area contributed by atoms with Crippen molar-refractivity contribution in [2.75, 3.05) is 12.4 Å². The van der Waals surface area contributed by atoms with Gasteiger partial charge in [-0.2, -0.15) is 0 Å². The zero-order chi connectivity index (χ0) is 6.57. The molecule has 0 amide bonds. The van der Waals surface area contributed by atoms with Crippen molar-refractivity contribution in [3.63, 3.8) is 0 Å². The van der Waals surface area contributed by atoms with E-state index in [9.17, 15) is 4.79 Å². The SMILES string of the molecule is COC(=O)C(C)CBr. The van der Waals surface area contributed by atoms with Crippen LogP contribution in [0.2, 0.25) is 0 Å². The maximum absolute atomic E-state index is 10.5. The minimum Gasteiger partial charge on any atom is -0.469 e. The van der Waals surface area contributed by atoms with Crippen LogP contribution in [-0.2, 0) is 9.53 Å². The highest BCUT2D eigenvalue weighted by molar-refractivity contribution is 9.09. The lowest BCUT2D eigenvalue weighted by Gasteiger charge is -2.01. The van der Waals surface area contributed by atoms with Gasteiger partial charge >= 0.3 is 5.97 Å². The minimum atomic E-state index is -0.165. The van der Waals surface area contributed by atoms with E-state index in [1.54, 1.807) is 6.92 Å². The Balaban J connectivity index is 3.46. The van der Waals surface area contributed by atoms with Crippen LogP contribution in [0.15, 0.2) is 0 Å². The molecule has 0 N–H and O–H groups in total. The van der Waals surface area contributed by atoms with Gasteiger partial charge in [0.25, 0.3) is 0 Å². The van der Waals surface area contributed by atoms with Crippen LogP contribution < -0.4 is 0 Å². The van der Waals surface area contributed by atoms with Gasteiger partial charge in [-0.3, -0.25) is 4.79 Å². The summed E-state index contributed by atoms with van der Waals surface area (Å²) < 4.78 is 4.43. The summed E-state index contributed by atoms with van der Waals surface area (Å²) >= 11 is 3.16. The van der Waals surface area contributed by atoms with E-state index in [1.807, 2.05) is 0 Å². The first kappa shape index (κ1) is 7.95. The molecule has 0 fully saturated rings. The molecule has 8 heavy (non-hydrogen) atoms. The zero-order valence-electron chi connectivity index (χ0n) is 4.98. The molecule has 1 unspecified atom stereocenters. The van der Waals surface area contributed by atoms with Gasteiger partial charge in [-0.15, -0.1) is 0 Å². The molecule has 0 aromatic rings. The summed E-state index contributed by atoms with van der Waals surface area (Å²) in [7, 11) is 1.39. The monoisotopic (exact) mass is 180 g/mol. The largest absolute Gasteiger partial charge is 0.469 e. The summed E-state index contributed by atoms with van der Waals surface area (Å²) in [5.41, 5.74) is 0. The van der Waals surface area contributed by atoms with Crippen LogP contribution >= 0.6 is 15.9 Å². The lowest BCUT2D eigenvalue weighted by molar-refractivity contribution is -0.143. The molecule has 0 bridgehead atoms. The van der Waals surface area contributed by atoms with E-state index in [-0.39, 0.29) is 11.9 Å². The van der Waals surface area contributed by atoms with Gasteiger partial charge in [-0.25, -0.2) is 0 Å². The maximum atomic E-state index is 10.5. The fourth-order valence-corrected chi connectivity index (χ4v) is 0.529. The third-order valence-corrected chi connectivity index (χ3v) is 1.81. The number of hydrogen-bond acceptors (Lipinski definition) is 2. The van der Waals surface area contributed by atoms with E-state index >= 15 is 0 Å². The standard InChI is InChI=1S/C5H9BrO2/c1-4(3-6)5(7)8-2/h4H,3H2,1-2H3. The quantitative estimate of drug-likeness (QED) is 0.472. The van der Waals surface area contributed by atoms with Crippen molar-refractivity contribution in [2.24, 2.45) is 5.92 Å². The summed E-state index contributed by atoms with van der Waals surface area (Å²) in [4.78, 5) is 10.5. The fraction of sp³-hybridized carbons (Fsp3) is 0.800. The van der Waals surface area contributed by atoms with Crippen LogP contribution in [0.1, 0.15) is 6.92 Å². The first-order chi connectivity index (χ1) is 3.72. The highest BCUT2D eigenvalue weighted by atomic mass is 79.9. The topological polar surface area (TPSA) is 26.3 Å². The van der Waals surface area contributed by atoms with Gasteiger partial charge < -0.3 is 4.74 Å². The second kappa shape index (κ2) is 3.89. The molecular formula is C5H9BrO2. The molecule has 2 nitrogen and oxygen atoms in total. The minimum absolute atomic E-state index is 0.0278. The summed E-state index contributed by atoms with van der Waals surface area (Å²) in [6.45, 7) is 1.81. The number of carbonyl (C=O) groups is 1. The van der Waals surface area contributed by atoms with Crippen molar-refractivity contribution in [3.05, 3.63) is 0 Å². The molecule has 3 heteroatoms. The molecular weight excluding hydrogens is 172 g/mol. The van der Waals surface area contributed by atoms with E-state index in [0.717, 1.165) is 0 Å². The van der Waals surface area contributed by atoms with Crippen LogP contribution in [0.4, 0.5) is 0 Å². The van der Waals surface area contributed by atoms with Crippen molar-refractivity contribution in [2.45, 2.75) is 6.92 Å². The molecule has 0 saturated carbocycles. The fourth-order valence-electron chi connectivity index (χ4n) is 0.264.